The molecular formula is C27H32N4O4. The van der Waals surface area contributed by atoms with Crippen molar-refractivity contribution in [3.63, 3.8) is 0 Å². The van der Waals surface area contributed by atoms with Crippen LogP contribution in [0.25, 0.3) is 0 Å². The summed E-state index contributed by atoms with van der Waals surface area (Å²) in [6, 6.07) is 18.9. The zero-order chi connectivity index (χ0) is 24.9. The van der Waals surface area contributed by atoms with Crippen molar-refractivity contribution in [1.82, 2.24) is 20.8 Å². The Labute approximate surface area is 205 Å². The zero-order valence-corrected chi connectivity index (χ0v) is 19.9. The standard InChI is InChI=1S/C27H32N4O4/c1-35-27(23-10-5-8-17-28-23,24-11-6-9-18-29-24)20-21-13-15-22(16-14-21)26(33)30-19-7-3-2-4-12-25(32)31-34/h5-6,8-11,13-18,34H,2-4,7,12,19-20H2,1H3,(H,30,33)(H,31,32). The van der Waals surface area contributed by atoms with E-state index in [0.717, 1.165) is 36.2 Å². The number of methoxy groups -OCH3 is 1. The van der Waals surface area contributed by atoms with Crippen molar-refractivity contribution in [1.29, 1.82) is 0 Å². The number of benzene rings is 1. The Kier molecular flexibility index (Phi) is 9.89. The molecule has 0 unspecified atom stereocenters. The van der Waals surface area contributed by atoms with Gasteiger partial charge < -0.3 is 10.1 Å². The first kappa shape index (κ1) is 26.0. The summed E-state index contributed by atoms with van der Waals surface area (Å²) in [5.74, 6) is -0.492. The lowest BCUT2D eigenvalue weighted by Crippen LogP contribution is -2.34. The van der Waals surface area contributed by atoms with Gasteiger partial charge in [-0.1, -0.05) is 37.1 Å². The second-order valence-electron chi connectivity index (χ2n) is 8.29. The van der Waals surface area contributed by atoms with E-state index in [-0.39, 0.29) is 11.8 Å². The molecule has 1 aromatic carbocycles. The quantitative estimate of drug-likeness (QED) is 0.196. The third kappa shape index (κ3) is 7.18. The molecule has 3 N–H and O–H groups in total. The minimum absolute atomic E-state index is 0.122. The number of unbranched alkanes of at least 4 members (excludes halogenated alkanes) is 3. The van der Waals surface area contributed by atoms with Gasteiger partial charge in [-0.2, -0.15) is 0 Å². The molecule has 0 spiro atoms. The number of carbonyl (C=O) groups is 2. The fourth-order valence-corrected chi connectivity index (χ4v) is 3.98. The van der Waals surface area contributed by atoms with Crippen molar-refractivity contribution in [2.45, 2.75) is 44.1 Å². The highest BCUT2D eigenvalue weighted by molar-refractivity contribution is 5.94. The molecule has 8 heteroatoms. The first-order chi connectivity index (χ1) is 17.1. The van der Waals surface area contributed by atoms with Gasteiger partial charge in [-0.05, 0) is 54.8 Å². The van der Waals surface area contributed by atoms with Crippen molar-refractivity contribution < 1.29 is 19.5 Å². The number of rotatable bonds is 13. The first-order valence-electron chi connectivity index (χ1n) is 11.8. The predicted molar refractivity (Wildman–Crippen MR) is 132 cm³/mol. The molecule has 3 rings (SSSR count). The summed E-state index contributed by atoms with van der Waals surface area (Å²) >= 11 is 0. The van der Waals surface area contributed by atoms with Crippen LogP contribution < -0.4 is 10.8 Å². The molecule has 0 aliphatic rings. The number of amides is 2. The Morgan fingerprint density at radius 1 is 0.886 bits per heavy atom. The van der Waals surface area contributed by atoms with Gasteiger partial charge in [-0.3, -0.25) is 24.8 Å². The average molecular weight is 477 g/mol. The summed E-state index contributed by atoms with van der Waals surface area (Å²) < 4.78 is 6.07. The minimum Gasteiger partial charge on any atom is -0.365 e. The Bertz CT molecular complexity index is 1020. The van der Waals surface area contributed by atoms with Crippen molar-refractivity contribution in [2.24, 2.45) is 0 Å². The molecule has 8 nitrogen and oxygen atoms in total. The van der Waals surface area contributed by atoms with E-state index in [1.54, 1.807) is 25.0 Å². The van der Waals surface area contributed by atoms with Crippen LogP contribution in [0.2, 0.25) is 0 Å². The lowest BCUT2D eigenvalue weighted by atomic mass is 9.86. The van der Waals surface area contributed by atoms with Crippen LogP contribution in [0, 0.1) is 0 Å². The summed E-state index contributed by atoms with van der Waals surface area (Å²) in [6.45, 7) is 0.568. The Morgan fingerprint density at radius 2 is 1.51 bits per heavy atom. The lowest BCUT2D eigenvalue weighted by molar-refractivity contribution is -0.129. The largest absolute Gasteiger partial charge is 0.365 e. The highest BCUT2D eigenvalue weighted by Gasteiger charge is 2.37. The monoisotopic (exact) mass is 476 g/mol. The van der Waals surface area contributed by atoms with Gasteiger partial charge in [0.2, 0.25) is 5.91 Å². The van der Waals surface area contributed by atoms with Gasteiger partial charge >= 0.3 is 0 Å². The van der Waals surface area contributed by atoms with E-state index >= 15 is 0 Å². The van der Waals surface area contributed by atoms with Crippen LogP contribution in [0.4, 0.5) is 0 Å². The zero-order valence-electron chi connectivity index (χ0n) is 19.9. The third-order valence-electron chi connectivity index (χ3n) is 5.92. The summed E-state index contributed by atoms with van der Waals surface area (Å²) in [5, 5.41) is 11.4. The molecule has 0 saturated heterocycles. The van der Waals surface area contributed by atoms with E-state index in [9.17, 15) is 9.59 Å². The van der Waals surface area contributed by atoms with Crippen molar-refractivity contribution >= 4 is 11.8 Å². The molecule has 0 aliphatic carbocycles. The van der Waals surface area contributed by atoms with E-state index in [4.69, 9.17) is 9.94 Å². The molecular weight excluding hydrogens is 444 g/mol. The number of nitrogens with one attached hydrogen (secondary N) is 2. The molecule has 2 aromatic heterocycles. The van der Waals surface area contributed by atoms with Gasteiger partial charge in [0.1, 0.15) is 0 Å². The maximum absolute atomic E-state index is 12.5. The van der Waals surface area contributed by atoms with E-state index in [2.05, 4.69) is 15.3 Å². The highest BCUT2D eigenvalue weighted by atomic mass is 16.5. The number of ether oxygens (including phenoxy) is 1. The average Bonchev–Trinajstić information content (AvgIpc) is 2.92. The van der Waals surface area contributed by atoms with E-state index in [1.807, 2.05) is 60.7 Å². The number of aromatic nitrogens is 2. The van der Waals surface area contributed by atoms with Crippen LogP contribution >= 0.6 is 0 Å². The fraction of sp³-hybridized carbons (Fsp3) is 0.333. The van der Waals surface area contributed by atoms with E-state index in [0.29, 0.717) is 31.4 Å². The molecule has 0 radical (unpaired) electrons. The number of hydrogen-bond acceptors (Lipinski definition) is 6. The Morgan fingerprint density at radius 3 is 2.06 bits per heavy atom. The van der Waals surface area contributed by atoms with Crippen molar-refractivity contribution in [2.75, 3.05) is 13.7 Å². The lowest BCUT2D eigenvalue weighted by Gasteiger charge is -2.31. The van der Waals surface area contributed by atoms with Gasteiger partial charge in [0.15, 0.2) is 5.60 Å². The van der Waals surface area contributed by atoms with Crippen LogP contribution in [0.3, 0.4) is 0 Å². The number of carbonyl (C=O) groups excluding carboxylic acids is 2. The number of nitrogens with zero attached hydrogens (tertiary/aromatic N) is 2. The van der Waals surface area contributed by atoms with Gasteiger partial charge in [0.05, 0.1) is 11.4 Å². The van der Waals surface area contributed by atoms with Gasteiger partial charge in [0.25, 0.3) is 5.91 Å². The van der Waals surface area contributed by atoms with Crippen LogP contribution in [-0.4, -0.2) is 40.6 Å². The first-order valence-corrected chi connectivity index (χ1v) is 11.8. The molecule has 0 aliphatic heterocycles. The Balaban J connectivity index is 1.60. The second-order valence-corrected chi connectivity index (χ2v) is 8.29. The summed E-state index contributed by atoms with van der Waals surface area (Å²) in [4.78, 5) is 32.6. The summed E-state index contributed by atoms with van der Waals surface area (Å²) in [7, 11) is 1.66. The van der Waals surface area contributed by atoms with Crippen LogP contribution in [0.5, 0.6) is 0 Å². The predicted octanol–water partition coefficient (Wildman–Crippen LogP) is 3.80. The topological polar surface area (TPSA) is 113 Å². The van der Waals surface area contributed by atoms with Crippen LogP contribution in [-0.2, 0) is 21.6 Å². The van der Waals surface area contributed by atoms with Gasteiger partial charge in [-0.25, -0.2) is 5.48 Å². The SMILES string of the molecule is COC(Cc1ccc(C(=O)NCCCCCCC(=O)NO)cc1)(c1ccccn1)c1ccccn1. The number of hydroxylamine groups is 1. The maximum atomic E-state index is 12.5. The number of pyridine rings is 2. The van der Waals surface area contributed by atoms with Crippen molar-refractivity contribution in [3.8, 4) is 0 Å². The molecule has 2 amide bonds. The highest BCUT2D eigenvalue weighted by Crippen LogP contribution is 2.34. The molecule has 0 fully saturated rings. The second kappa shape index (κ2) is 13.3. The van der Waals surface area contributed by atoms with Crippen LogP contribution in [0.1, 0.15) is 59.4 Å². The van der Waals surface area contributed by atoms with Gasteiger partial charge in [0, 0.05) is 44.5 Å². The van der Waals surface area contributed by atoms with Crippen molar-refractivity contribution in [3.05, 3.63) is 95.6 Å². The van der Waals surface area contributed by atoms with E-state index in [1.165, 1.54) is 0 Å². The smallest absolute Gasteiger partial charge is 0.251 e. The molecule has 0 atom stereocenters. The normalized spacial score (nSPS) is 11.1. The molecule has 0 saturated carbocycles. The molecule has 3 aromatic rings. The molecule has 2 heterocycles. The minimum atomic E-state index is -0.857. The maximum Gasteiger partial charge on any atom is 0.251 e. The molecule has 184 valence electrons. The summed E-state index contributed by atoms with van der Waals surface area (Å²) in [5.41, 5.74) is 3.88. The summed E-state index contributed by atoms with van der Waals surface area (Å²) in [6.07, 6.45) is 7.60. The van der Waals surface area contributed by atoms with Gasteiger partial charge in [-0.15, -0.1) is 0 Å². The third-order valence-corrected chi connectivity index (χ3v) is 5.92. The van der Waals surface area contributed by atoms with Crippen LogP contribution in [0.15, 0.2) is 73.1 Å². The molecule has 35 heavy (non-hydrogen) atoms. The Hall–Kier alpha value is -3.62. The number of hydrogen-bond donors (Lipinski definition) is 3. The van der Waals surface area contributed by atoms with E-state index < -0.39 is 5.60 Å². The molecule has 0 bridgehead atoms. The fourth-order valence-electron chi connectivity index (χ4n) is 3.98.